The zero-order valence-electron chi connectivity index (χ0n) is 20.6. The summed E-state index contributed by atoms with van der Waals surface area (Å²) in [7, 11) is 1.35. The number of hydrogen-bond acceptors (Lipinski definition) is 6. The van der Waals surface area contributed by atoms with E-state index in [1.165, 1.54) is 48.9 Å². The summed E-state index contributed by atoms with van der Waals surface area (Å²) in [6.45, 7) is 4.28. The highest BCUT2D eigenvalue weighted by atomic mass is 16.7. The van der Waals surface area contributed by atoms with Crippen LogP contribution in [-0.4, -0.2) is 29.5 Å². The monoisotopic (exact) mass is 476 g/mol. The lowest BCUT2D eigenvalue weighted by Crippen LogP contribution is -2.12. The number of methoxy groups -OCH3 is 1. The first-order chi connectivity index (χ1) is 17.0. The first-order valence-electron chi connectivity index (χ1n) is 12.2. The van der Waals surface area contributed by atoms with Gasteiger partial charge in [0.05, 0.1) is 7.11 Å². The molecule has 0 bridgehead atoms. The predicted octanol–water partition coefficient (Wildman–Crippen LogP) is 6.37. The van der Waals surface area contributed by atoms with E-state index in [4.69, 9.17) is 14.3 Å². The average Bonchev–Trinajstić information content (AvgIpc) is 3.19. The number of hydrogen-bond donors (Lipinski definition) is 0. The van der Waals surface area contributed by atoms with Crippen LogP contribution in [0.25, 0.3) is 27.4 Å². The summed E-state index contributed by atoms with van der Waals surface area (Å²) in [6, 6.07) is 12.7. The molecule has 0 fully saturated rings. The molecule has 0 aliphatic heterocycles. The van der Waals surface area contributed by atoms with Crippen LogP contribution in [0.15, 0.2) is 47.6 Å². The van der Waals surface area contributed by atoms with Gasteiger partial charge in [-0.15, -0.1) is 0 Å². The van der Waals surface area contributed by atoms with E-state index in [9.17, 15) is 9.59 Å². The zero-order chi connectivity index (χ0) is 24.8. The van der Waals surface area contributed by atoms with E-state index in [1.54, 1.807) is 0 Å². The van der Waals surface area contributed by atoms with Gasteiger partial charge in [-0.05, 0) is 85.7 Å². The van der Waals surface area contributed by atoms with E-state index in [-0.39, 0.29) is 18.3 Å². The number of benzene rings is 2. The van der Waals surface area contributed by atoms with Gasteiger partial charge in [-0.1, -0.05) is 12.1 Å². The Hall–Kier alpha value is -3.61. The van der Waals surface area contributed by atoms with Crippen molar-refractivity contribution in [3.8, 4) is 5.75 Å². The molecule has 0 spiro atoms. The number of ether oxygens (including phenoxy) is 2. The molecule has 0 atom stereocenters. The average molecular weight is 477 g/mol. The molecular formula is C28H32N2O5. The second-order valence-electron chi connectivity index (χ2n) is 8.73. The van der Waals surface area contributed by atoms with E-state index in [1.807, 2.05) is 18.2 Å². The van der Waals surface area contributed by atoms with Crippen molar-refractivity contribution in [2.24, 2.45) is 5.16 Å². The number of oxime groups is 1. The highest BCUT2D eigenvalue weighted by molar-refractivity contribution is 6.09. The second-order valence-corrected chi connectivity index (χ2v) is 8.73. The molecule has 4 rings (SSSR count). The summed E-state index contributed by atoms with van der Waals surface area (Å²) in [6.07, 6.45) is 8.14. The largest absolute Gasteiger partial charge is 0.469 e. The Bertz CT molecular complexity index is 1300. The summed E-state index contributed by atoms with van der Waals surface area (Å²) >= 11 is 0. The molecule has 1 aromatic heterocycles. The molecule has 0 saturated carbocycles. The minimum Gasteiger partial charge on any atom is -0.469 e. The summed E-state index contributed by atoms with van der Waals surface area (Å²) in [5.74, 6) is -0.0192. The van der Waals surface area contributed by atoms with E-state index in [2.05, 4.69) is 40.9 Å². The number of rotatable bonds is 8. The Morgan fingerprint density at radius 1 is 1.03 bits per heavy atom. The van der Waals surface area contributed by atoms with Crippen molar-refractivity contribution in [3.63, 3.8) is 0 Å². The SMILES string of the molecule is CCn1c2ccc(OC(CCCC(=O)OC)=NOC(C)=O)cc2c2cc(C3=CCCCC3)ccc21. The van der Waals surface area contributed by atoms with Crippen molar-refractivity contribution in [2.75, 3.05) is 7.11 Å². The van der Waals surface area contributed by atoms with Gasteiger partial charge in [0.1, 0.15) is 5.75 Å². The maximum Gasteiger partial charge on any atom is 0.332 e. The molecule has 7 heteroatoms. The lowest BCUT2D eigenvalue weighted by molar-refractivity contribution is -0.142. The second kappa shape index (κ2) is 11.2. The van der Waals surface area contributed by atoms with Crippen molar-refractivity contribution >= 4 is 45.2 Å². The molecule has 0 N–H and O–H groups in total. The van der Waals surface area contributed by atoms with Crippen LogP contribution in [0.3, 0.4) is 0 Å². The predicted molar refractivity (Wildman–Crippen MR) is 137 cm³/mol. The van der Waals surface area contributed by atoms with Crippen molar-refractivity contribution in [3.05, 3.63) is 48.0 Å². The van der Waals surface area contributed by atoms with E-state index in [0.29, 0.717) is 18.6 Å². The fraction of sp³-hybridized carbons (Fsp3) is 0.393. The normalized spacial score (nSPS) is 14.1. The third-order valence-electron chi connectivity index (χ3n) is 6.33. The minimum absolute atomic E-state index is 0.223. The Morgan fingerprint density at radius 3 is 2.49 bits per heavy atom. The molecule has 1 heterocycles. The first-order valence-corrected chi connectivity index (χ1v) is 12.2. The fourth-order valence-electron chi connectivity index (χ4n) is 4.64. The van der Waals surface area contributed by atoms with E-state index >= 15 is 0 Å². The highest BCUT2D eigenvalue weighted by Gasteiger charge is 2.15. The molecule has 1 aliphatic rings. The zero-order valence-corrected chi connectivity index (χ0v) is 20.6. The van der Waals surface area contributed by atoms with Gasteiger partial charge in [0.25, 0.3) is 0 Å². The Morgan fingerprint density at radius 2 is 1.80 bits per heavy atom. The number of aryl methyl sites for hydroxylation is 1. The number of carbonyl (C=O) groups excluding carboxylic acids is 2. The molecule has 0 saturated heterocycles. The Balaban J connectivity index is 1.68. The summed E-state index contributed by atoms with van der Waals surface area (Å²) in [4.78, 5) is 27.6. The van der Waals surface area contributed by atoms with Crippen molar-refractivity contribution in [2.45, 2.75) is 65.3 Å². The van der Waals surface area contributed by atoms with Crippen LogP contribution in [-0.2, 0) is 25.7 Å². The minimum atomic E-state index is -0.537. The van der Waals surface area contributed by atoms with Gasteiger partial charge in [0.2, 0.25) is 5.90 Å². The molecule has 0 amide bonds. The van der Waals surface area contributed by atoms with Gasteiger partial charge in [0, 0.05) is 48.1 Å². The van der Waals surface area contributed by atoms with Crippen LogP contribution in [0.4, 0.5) is 0 Å². The first kappa shape index (κ1) is 24.5. The maximum absolute atomic E-state index is 11.5. The number of allylic oxidation sites excluding steroid dienone is 2. The van der Waals surface area contributed by atoms with E-state index < -0.39 is 5.97 Å². The lowest BCUT2D eigenvalue weighted by Gasteiger charge is -2.13. The van der Waals surface area contributed by atoms with Gasteiger partial charge >= 0.3 is 11.9 Å². The molecule has 7 nitrogen and oxygen atoms in total. The standard InChI is InChI=1S/C28H32N2O5/c1-4-30-25-15-13-21(20-9-6-5-7-10-20)17-23(25)24-18-22(14-16-26(24)30)34-27(29-35-19(2)31)11-8-12-28(32)33-3/h9,13-18H,4-8,10-12H2,1-3H3. The molecule has 35 heavy (non-hydrogen) atoms. The van der Waals surface area contributed by atoms with Crippen LogP contribution in [0.1, 0.15) is 64.4 Å². The van der Waals surface area contributed by atoms with Gasteiger partial charge in [0.15, 0.2) is 0 Å². The van der Waals surface area contributed by atoms with Gasteiger partial charge in [-0.2, -0.15) is 0 Å². The Labute approximate surface area is 205 Å². The number of fused-ring (bicyclic) bond motifs is 3. The fourth-order valence-corrected chi connectivity index (χ4v) is 4.64. The van der Waals surface area contributed by atoms with Crippen molar-refractivity contribution in [1.29, 1.82) is 0 Å². The molecule has 0 unspecified atom stereocenters. The lowest BCUT2D eigenvalue weighted by atomic mass is 9.93. The topological polar surface area (TPSA) is 79.1 Å². The molecular weight excluding hydrogens is 444 g/mol. The van der Waals surface area contributed by atoms with Crippen LogP contribution in [0, 0.1) is 0 Å². The number of aromatic nitrogens is 1. The van der Waals surface area contributed by atoms with Gasteiger partial charge in [-0.3, -0.25) is 4.79 Å². The maximum atomic E-state index is 11.5. The summed E-state index contributed by atoms with van der Waals surface area (Å²) in [5.41, 5.74) is 5.02. The smallest absolute Gasteiger partial charge is 0.332 e. The number of nitrogens with zero attached hydrogens (tertiary/aromatic N) is 2. The number of esters is 1. The van der Waals surface area contributed by atoms with Crippen molar-refractivity contribution < 1.29 is 23.9 Å². The number of carbonyl (C=O) groups is 2. The third kappa shape index (κ3) is 5.73. The van der Waals surface area contributed by atoms with Gasteiger partial charge < -0.3 is 18.9 Å². The molecule has 3 aromatic rings. The molecule has 184 valence electrons. The molecule has 2 aromatic carbocycles. The molecule has 0 radical (unpaired) electrons. The van der Waals surface area contributed by atoms with Crippen molar-refractivity contribution in [1.82, 2.24) is 4.57 Å². The van der Waals surface area contributed by atoms with Crippen LogP contribution in [0.5, 0.6) is 5.75 Å². The summed E-state index contributed by atoms with van der Waals surface area (Å²) < 4.78 is 13.0. The Kier molecular flexibility index (Phi) is 7.85. The summed E-state index contributed by atoms with van der Waals surface area (Å²) in [5, 5.41) is 6.14. The van der Waals surface area contributed by atoms with Crippen LogP contribution in [0.2, 0.25) is 0 Å². The quantitative estimate of drug-likeness (QED) is 0.124. The van der Waals surface area contributed by atoms with E-state index in [0.717, 1.165) is 30.3 Å². The third-order valence-corrected chi connectivity index (χ3v) is 6.33. The van der Waals surface area contributed by atoms with Crippen LogP contribution < -0.4 is 4.74 Å². The van der Waals surface area contributed by atoms with Gasteiger partial charge in [-0.25, -0.2) is 4.79 Å². The molecule has 1 aliphatic carbocycles. The highest BCUT2D eigenvalue weighted by Crippen LogP contribution is 2.35. The van der Waals surface area contributed by atoms with Crippen LogP contribution >= 0.6 is 0 Å².